The number of rotatable bonds is 11. The Hall–Kier alpha value is -2.34. The van der Waals surface area contributed by atoms with Gasteiger partial charge < -0.3 is 15.0 Å². The molecule has 7 heteroatoms. The van der Waals surface area contributed by atoms with Crippen molar-refractivity contribution in [3.63, 3.8) is 0 Å². The Morgan fingerprint density at radius 2 is 2.00 bits per heavy atom. The molecule has 1 aromatic heterocycles. The second-order valence-corrected chi connectivity index (χ2v) is 7.27. The molecule has 1 aromatic carbocycles. The second kappa shape index (κ2) is 10.9. The molecule has 0 radical (unpaired) electrons. The quantitative estimate of drug-likeness (QED) is 0.594. The fraction of sp³-hybridized carbons (Fsp3) is 0.476. The normalized spacial score (nSPS) is 12.0. The average Bonchev–Trinajstić information content (AvgIpc) is 3.03. The Bertz CT molecular complexity index is 804. The average molecular weight is 406 g/mol. The van der Waals surface area contributed by atoms with Crippen LogP contribution in [0.3, 0.4) is 0 Å². The first kappa shape index (κ1) is 22.0. The monoisotopic (exact) mass is 405 g/mol. The smallest absolute Gasteiger partial charge is 0.326 e. The molecule has 1 heterocycles. The van der Waals surface area contributed by atoms with Crippen LogP contribution in [-0.2, 0) is 29.0 Å². The number of aromatic nitrogens is 2. The highest BCUT2D eigenvalue weighted by Gasteiger charge is 2.23. The molecule has 28 heavy (non-hydrogen) atoms. The van der Waals surface area contributed by atoms with E-state index in [1.165, 1.54) is 0 Å². The number of nitrogens with zero attached hydrogens (tertiary/aromatic N) is 2. The first-order valence-corrected chi connectivity index (χ1v) is 10.1. The van der Waals surface area contributed by atoms with Gasteiger partial charge >= 0.3 is 5.97 Å². The number of nitrogens with one attached hydrogen (secondary N) is 1. The molecule has 0 saturated heterocycles. The lowest BCUT2D eigenvalue weighted by atomic mass is 10.1. The van der Waals surface area contributed by atoms with Crippen molar-refractivity contribution in [3.8, 4) is 0 Å². The number of hydrogen-bond donors (Lipinski definition) is 2. The highest BCUT2D eigenvalue weighted by Crippen LogP contribution is 2.20. The number of carbonyl (C=O) groups is 2. The van der Waals surface area contributed by atoms with Crippen LogP contribution in [0.5, 0.6) is 0 Å². The van der Waals surface area contributed by atoms with Crippen molar-refractivity contribution < 1.29 is 14.7 Å². The highest BCUT2D eigenvalue weighted by molar-refractivity contribution is 6.31. The van der Waals surface area contributed by atoms with Gasteiger partial charge in [0, 0.05) is 36.2 Å². The molecule has 6 nitrogen and oxygen atoms in total. The van der Waals surface area contributed by atoms with Gasteiger partial charge in [-0.25, -0.2) is 9.78 Å². The molecule has 2 aromatic rings. The fourth-order valence-corrected chi connectivity index (χ4v) is 3.24. The van der Waals surface area contributed by atoms with Crippen LogP contribution in [0, 0.1) is 0 Å². The van der Waals surface area contributed by atoms with Crippen LogP contribution in [0.1, 0.15) is 56.6 Å². The number of benzene rings is 1. The van der Waals surface area contributed by atoms with E-state index >= 15 is 0 Å². The number of amides is 1. The topological polar surface area (TPSA) is 84.2 Å². The summed E-state index contributed by atoms with van der Waals surface area (Å²) in [5, 5.41) is 12.8. The number of unbranched alkanes of at least 4 members (excludes halogenated alkanes) is 1. The predicted molar refractivity (Wildman–Crippen MR) is 110 cm³/mol. The summed E-state index contributed by atoms with van der Waals surface area (Å²) in [5.74, 6) is -0.399. The lowest BCUT2D eigenvalue weighted by molar-refractivity contribution is -0.141. The van der Waals surface area contributed by atoms with Gasteiger partial charge in [0.15, 0.2) is 0 Å². The number of carboxylic acid groups (broad SMARTS) is 1. The number of hydrogen-bond acceptors (Lipinski definition) is 3. The molecule has 0 saturated carbocycles. The van der Waals surface area contributed by atoms with Crippen molar-refractivity contribution in [2.75, 3.05) is 0 Å². The minimum Gasteiger partial charge on any atom is -0.480 e. The minimum absolute atomic E-state index is 0.175. The van der Waals surface area contributed by atoms with Crippen molar-refractivity contribution in [1.82, 2.24) is 14.9 Å². The van der Waals surface area contributed by atoms with E-state index in [4.69, 9.17) is 11.6 Å². The third-order valence-electron chi connectivity index (χ3n) is 4.58. The van der Waals surface area contributed by atoms with Crippen molar-refractivity contribution >= 4 is 23.5 Å². The molecule has 0 fully saturated rings. The molecule has 2 N–H and O–H groups in total. The van der Waals surface area contributed by atoms with E-state index in [1.807, 2.05) is 35.8 Å². The number of imidazole rings is 1. The van der Waals surface area contributed by atoms with Crippen LogP contribution < -0.4 is 5.32 Å². The molecule has 152 valence electrons. The number of halogens is 1. The van der Waals surface area contributed by atoms with Crippen LogP contribution in [0.4, 0.5) is 0 Å². The largest absolute Gasteiger partial charge is 0.480 e. The molecule has 0 unspecified atom stereocenters. The van der Waals surface area contributed by atoms with E-state index in [9.17, 15) is 14.7 Å². The maximum atomic E-state index is 11.9. The van der Waals surface area contributed by atoms with E-state index in [-0.39, 0.29) is 12.3 Å². The van der Waals surface area contributed by atoms with Gasteiger partial charge in [0.2, 0.25) is 5.91 Å². The summed E-state index contributed by atoms with van der Waals surface area (Å²) >= 11 is 6.33. The van der Waals surface area contributed by atoms with E-state index in [0.717, 1.165) is 36.3 Å². The van der Waals surface area contributed by atoms with E-state index < -0.39 is 12.0 Å². The number of carbonyl (C=O) groups excluding carboxylic acids is 1. The van der Waals surface area contributed by atoms with Gasteiger partial charge in [0.05, 0.1) is 6.54 Å². The molecule has 0 aliphatic carbocycles. The first-order valence-electron chi connectivity index (χ1n) is 9.75. The zero-order valence-electron chi connectivity index (χ0n) is 16.4. The second-order valence-electron chi connectivity index (χ2n) is 6.86. The molecular formula is C21H28ClN3O3. The van der Waals surface area contributed by atoms with E-state index in [1.54, 1.807) is 6.20 Å². The zero-order valence-corrected chi connectivity index (χ0v) is 17.2. The minimum atomic E-state index is -1.05. The number of carboxylic acids is 1. The van der Waals surface area contributed by atoms with Crippen LogP contribution in [0.15, 0.2) is 30.5 Å². The van der Waals surface area contributed by atoms with Gasteiger partial charge in [0.25, 0.3) is 0 Å². The SMILES string of the molecule is CCCCc1ncc(C[C@H](NC(=O)CCC)C(=O)O)n1Cc1ccccc1Cl. The van der Waals surface area contributed by atoms with Gasteiger partial charge in [0.1, 0.15) is 11.9 Å². The summed E-state index contributed by atoms with van der Waals surface area (Å²) in [6.07, 6.45) is 5.71. The molecule has 1 amide bonds. The van der Waals surface area contributed by atoms with Crippen molar-refractivity contribution in [2.45, 2.75) is 65.0 Å². The lowest BCUT2D eigenvalue weighted by Gasteiger charge is -2.17. The van der Waals surface area contributed by atoms with Crippen molar-refractivity contribution in [3.05, 3.63) is 52.6 Å². The van der Waals surface area contributed by atoms with Gasteiger partial charge in [-0.05, 0) is 24.5 Å². The summed E-state index contributed by atoms with van der Waals surface area (Å²) in [6.45, 7) is 4.52. The molecule has 2 rings (SSSR count). The summed E-state index contributed by atoms with van der Waals surface area (Å²) in [7, 11) is 0. The summed E-state index contributed by atoms with van der Waals surface area (Å²) in [6, 6.07) is 6.61. The third-order valence-corrected chi connectivity index (χ3v) is 4.95. The first-order chi connectivity index (χ1) is 13.5. The van der Waals surface area contributed by atoms with Crippen molar-refractivity contribution in [2.24, 2.45) is 0 Å². The Morgan fingerprint density at radius 1 is 1.25 bits per heavy atom. The molecule has 0 aliphatic heterocycles. The predicted octanol–water partition coefficient (Wildman–Crippen LogP) is 3.84. The summed E-state index contributed by atoms with van der Waals surface area (Å²) in [4.78, 5) is 28.1. The van der Waals surface area contributed by atoms with Crippen molar-refractivity contribution in [1.29, 1.82) is 0 Å². The van der Waals surface area contributed by atoms with Crippen LogP contribution in [-0.4, -0.2) is 32.6 Å². The molecule has 0 bridgehead atoms. The Kier molecular flexibility index (Phi) is 8.51. The van der Waals surface area contributed by atoms with Gasteiger partial charge in [-0.2, -0.15) is 0 Å². The molecule has 1 atom stereocenters. The number of aliphatic carboxylic acids is 1. The molecule has 0 aliphatic rings. The zero-order chi connectivity index (χ0) is 20.5. The highest BCUT2D eigenvalue weighted by atomic mass is 35.5. The summed E-state index contributed by atoms with van der Waals surface area (Å²) < 4.78 is 2.03. The maximum absolute atomic E-state index is 11.9. The lowest BCUT2D eigenvalue weighted by Crippen LogP contribution is -2.42. The Morgan fingerprint density at radius 3 is 2.64 bits per heavy atom. The van der Waals surface area contributed by atoms with Gasteiger partial charge in [-0.3, -0.25) is 4.79 Å². The van der Waals surface area contributed by atoms with Gasteiger partial charge in [-0.1, -0.05) is 50.1 Å². The Balaban J connectivity index is 2.29. The molecular weight excluding hydrogens is 378 g/mol. The third kappa shape index (κ3) is 6.09. The van der Waals surface area contributed by atoms with Crippen LogP contribution >= 0.6 is 11.6 Å². The molecule has 0 spiro atoms. The Labute approximate surface area is 170 Å². The van der Waals surface area contributed by atoms with Crippen LogP contribution in [0.2, 0.25) is 5.02 Å². The standard InChI is InChI=1S/C21H28ClN3O3/c1-3-5-11-19-23-13-16(12-18(21(27)28)24-20(26)8-4-2)25(19)14-15-9-6-7-10-17(15)22/h6-7,9-10,13,18H,3-5,8,11-12,14H2,1-2H3,(H,24,26)(H,27,28)/t18-/m0/s1. The number of aryl methyl sites for hydroxylation is 1. The fourth-order valence-electron chi connectivity index (χ4n) is 3.04. The van der Waals surface area contributed by atoms with Crippen LogP contribution in [0.25, 0.3) is 0 Å². The summed E-state index contributed by atoms with van der Waals surface area (Å²) in [5.41, 5.74) is 1.72. The van der Waals surface area contributed by atoms with E-state index in [0.29, 0.717) is 24.4 Å². The van der Waals surface area contributed by atoms with E-state index in [2.05, 4.69) is 17.2 Å². The maximum Gasteiger partial charge on any atom is 0.326 e. The van der Waals surface area contributed by atoms with Gasteiger partial charge in [-0.15, -0.1) is 0 Å².